The molecule has 0 aliphatic carbocycles. The molecule has 4 aromatic rings. The normalized spacial score (nSPS) is 14.3. The van der Waals surface area contributed by atoms with E-state index in [1.54, 1.807) is 22.2 Å². The summed E-state index contributed by atoms with van der Waals surface area (Å²) in [5, 5.41) is 5.09. The van der Waals surface area contributed by atoms with E-state index in [-0.39, 0.29) is 17.4 Å². The van der Waals surface area contributed by atoms with Crippen LogP contribution in [-0.4, -0.2) is 43.4 Å². The quantitative estimate of drug-likeness (QED) is 0.382. The van der Waals surface area contributed by atoms with Gasteiger partial charge in [0, 0.05) is 36.3 Å². The third kappa shape index (κ3) is 5.27. The number of hydrogen-bond acceptors (Lipinski definition) is 7. The number of aromatic nitrogens is 4. The molecule has 1 saturated heterocycles. The number of carbonyl (C=O) groups is 1. The lowest BCUT2D eigenvalue weighted by Gasteiger charge is -2.20. The molecule has 4 heterocycles. The Morgan fingerprint density at radius 3 is 2.59 bits per heavy atom. The Morgan fingerprint density at radius 1 is 1.08 bits per heavy atom. The third-order valence-electron chi connectivity index (χ3n) is 6.99. The lowest BCUT2D eigenvalue weighted by molar-refractivity contribution is -0.134. The van der Waals surface area contributed by atoms with Crippen molar-refractivity contribution >= 4 is 33.8 Å². The molecule has 0 unspecified atom stereocenters. The maximum atomic E-state index is 13.4. The van der Waals surface area contributed by atoms with Gasteiger partial charge in [0.1, 0.15) is 0 Å². The van der Waals surface area contributed by atoms with Crippen molar-refractivity contribution in [2.24, 2.45) is 5.92 Å². The van der Waals surface area contributed by atoms with Gasteiger partial charge in [-0.25, -0.2) is 9.97 Å². The number of pyridine rings is 1. The smallest absolute Gasteiger partial charge is 0.261 e. The summed E-state index contributed by atoms with van der Waals surface area (Å²) in [6.07, 6.45) is 5.48. The topological polar surface area (TPSA) is 93.0 Å². The van der Waals surface area contributed by atoms with E-state index in [0.717, 1.165) is 59.1 Å². The Hall–Kier alpha value is -3.59. The van der Waals surface area contributed by atoms with Crippen LogP contribution in [0.1, 0.15) is 41.0 Å². The highest BCUT2D eigenvalue weighted by Crippen LogP contribution is 2.27. The zero-order chi connectivity index (χ0) is 26.1. The first-order valence-electron chi connectivity index (χ1n) is 12.7. The van der Waals surface area contributed by atoms with Gasteiger partial charge >= 0.3 is 0 Å². The summed E-state index contributed by atoms with van der Waals surface area (Å²) in [6, 6.07) is 7.77. The van der Waals surface area contributed by atoms with Crippen LogP contribution in [0.4, 0.5) is 5.69 Å². The molecule has 0 saturated carbocycles. The molecule has 0 radical (unpaired) electrons. The lowest BCUT2D eigenvalue weighted by Crippen LogP contribution is -2.36. The Bertz CT molecular complexity index is 1520. The number of aryl methyl sites for hydroxylation is 3. The maximum Gasteiger partial charge on any atom is 0.261 e. The number of nitrogens with zero attached hydrogens (tertiary/aromatic N) is 5. The second-order valence-corrected chi connectivity index (χ2v) is 11.1. The number of anilines is 1. The summed E-state index contributed by atoms with van der Waals surface area (Å²) in [7, 11) is 0. The Kier molecular flexibility index (Phi) is 7.06. The number of likely N-dealkylation sites (tertiary alicyclic amines) is 1. The fraction of sp³-hybridized carbons (Fsp3) is 0.393. The number of nitrogens with one attached hydrogen (secondary N) is 1. The first-order valence-corrected chi connectivity index (χ1v) is 13.5. The minimum atomic E-state index is -0.279. The van der Waals surface area contributed by atoms with Crippen molar-refractivity contribution in [3.63, 3.8) is 0 Å². The van der Waals surface area contributed by atoms with Crippen LogP contribution in [0.25, 0.3) is 22.0 Å². The largest absolute Gasteiger partial charge is 0.379 e. The molecule has 3 aromatic heterocycles. The first-order chi connectivity index (χ1) is 17.8. The van der Waals surface area contributed by atoms with E-state index in [0.29, 0.717) is 24.0 Å². The summed E-state index contributed by atoms with van der Waals surface area (Å²) in [4.78, 5) is 42.8. The van der Waals surface area contributed by atoms with Crippen molar-refractivity contribution in [1.82, 2.24) is 24.4 Å². The Morgan fingerprint density at radius 2 is 1.86 bits per heavy atom. The van der Waals surface area contributed by atoms with Gasteiger partial charge < -0.3 is 10.2 Å². The molecule has 5 rings (SSSR count). The summed E-state index contributed by atoms with van der Waals surface area (Å²) >= 11 is 1.70. The molecule has 1 atom stereocenters. The second-order valence-electron chi connectivity index (χ2n) is 9.82. The monoisotopic (exact) mass is 516 g/mol. The summed E-state index contributed by atoms with van der Waals surface area (Å²) in [6.45, 7) is 10.5. The molecule has 0 spiro atoms. The number of hydrogen-bond donors (Lipinski definition) is 1. The number of rotatable bonds is 7. The zero-order valence-corrected chi connectivity index (χ0v) is 22.6. The average molecular weight is 517 g/mol. The van der Waals surface area contributed by atoms with E-state index < -0.39 is 0 Å². The van der Waals surface area contributed by atoms with Crippen molar-refractivity contribution in [1.29, 1.82) is 0 Å². The molecule has 1 fully saturated rings. The molecule has 1 aliphatic heterocycles. The molecule has 9 heteroatoms. The number of thiazole rings is 1. The molecule has 192 valence electrons. The van der Waals surface area contributed by atoms with E-state index in [1.807, 2.05) is 57.0 Å². The van der Waals surface area contributed by atoms with Crippen LogP contribution < -0.4 is 10.9 Å². The molecule has 1 aliphatic rings. The van der Waals surface area contributed by atoms with Crippen LogP contribution in [-0.2, 0) is 17.9 Å². The molecule has 1 N–H and O–H groups in total. The van der Waals surface area contributed by atoms with E-state index in [9.17, 15) is 9.59 Å². The van der Waals surface area contributed by atoms with E-state index in [4.69, 9.17) is 0 Å². The fourth-order valence-electron chi connectivity index (χ4n) is 4.87. The first kappa shape index (κ1) is 25.1. The van der Waals surface area contributed by atoms with E-state index in [2.05, 4.69) is 26.3 Å². The molecular weight excluding hydrogens is 484 g/mol. The fourth-order valence-corrected chi connectivity index (χ4v) is 5.75. The molecular formula is C28H32N6O2S. The van der Waals surface area contributed by atoms with E-state index >= 15 is 0 Å². The minimum absolute atomic E-state index is 0.104. The van der Waals surface area contributed by atoms with Crippen LogP contribution in [0.5, 0.6) is 0 Å². The average Bonchev–Trinajstić information content (AvgIpc) is 3.54. The predicted octanol–water partition coefficient (Wildman–Crippen LogP) is 4.71. The van der Waals surface area contributed by atoms with Crippen molar-refractivity contribution < 1.29 is 4.79 Å². The highest BCUT2D eigenvalue weighted by Gasteiger charge is 2.24. The van der Waals surface area contributed by atoms with Crippen LogP contribution in [0.3, 0.4) is 0 Å². The maximum absolute atomic E-state index is 13.4. The van der Waals surface area contributed by atoms with Gasteiger partial charge in [0.25, 0.3) is 5.56 Å². The van der Waals surface area contributed by atoms with Gasteiger partial charge in [0.15, 0.2) is 0 Å². The highest BCUT2D eigenvalue weighted by atomic mass is 32.1. The van der Waals surface area contributed by atoms with E-state index in [1.165, 1.54) is 4.88 Å². The summed E-state index contributed by atoms with van der Waals surface area (Å²) in [5.74, 6) is -0.174. The summed E-state index contributed by atoms with van der Waals surface area (Å²) in [5.41, 5.74) is 5.21. The molecule has 1 aromatic carbocycles. The number of amides is 1. The van der Waals surface area contributed by atoms with Gasteiger partial charge in [0.05, 0.1) is 51.8 Å². The van der Waals surface area contributed by atoms with Crippen LogP contribution in [0.15, 0.2) is 41.6 Å². The predicted molar refractivity (Wildman–Crippen MR) is 148 cm³/mol. The van der Waals surface area contributed by atoms with Gasteiger partial charge in [-0.1, -0.05) is 13.0 Å². The Balaban J connectivity index is 1.40. The second kappa shape index (κ2) is 10.4. The standard InChI is InChI=1S/C28H32N6O2S/c1-17(27(35)33-9-5-6-10-33)15-34-16-31-24-8-7-21(11-23(24)28(34)36)22-12-25(18(2)29-13-22)30-14-26-19(3)32-20(4)37-26/h7-8,11-13,16-17,30H,5-6,9-10,14-15H2,1-4H3/t17-/m1/s1. The highest BCUT2D eigenvalue weighted by molar-refractivity contribution is 7.11. The van der Waals surface area contributed by atoms with Gasteiger partial charge in [-0.15, -0.1) is 11.3 Å². The van der Waals surface area contributed by atoms with Crippen LogP contribution >= 0.6 is 11.3 Å². The van der Waals surface area contributed by atoms with Crippen LogP contribution in [0.2, 0.25) is 0 Å². The van der Waals surface area contributed by atoms with Crippen molar-refractivity contribution in [2.75, 3.05) is 18.4 Å². The molecule has 1 amide bonds. The lowest BCUT2D eigenvalue weighted by atomic mass is 10.0. The number of fused-ring (bicyclic) bond motifs is 1. The van der Waals surface area contributed by atoms with Crippen molar-refractivity contribution in [3.05, 3.63) is 68.4 Å². The molecule has 8 nitrogen and oxygen atoms in total. The van der Waals surface area contributed by atoms with Gasteiger partial charge in [-0.3, -0.25) is 19.1 Å². The third-order valence-corrected chi connectivity index (χ3v) is 8.07. The summed E-state index contributed by atoms with van der Waals surface area (Å²) < 4.78 is 1.56. The Labute approximate surface area is 220 Å². The number of benzene rings is 1. The van der Waals surface area contributed by atoms with Crippen LogP contribution in [0, 0.1) is 26.7 Å². The van der Waals surface area contributed by atoms with Gasteiger partial charge in [-0.2, -0.15) is 0 Å². The minimum Gasteiger partial charge on any atom is -0.379 e. The van der Waals surface area contributed by atoms with Gasteiger partial charge in [-0.05, 0) is 57.4 Å². The number of carbonyl (C=O) groups excluding carboxylic acids is 1. The molecule has 0 bridgehead atoms. The zero-order valence-electron chi connectivity index (χ0n) is 21.7. The SMILES string of the molecule is Cc1nc(C)c(CNc2cc(-c3ccc4ncn(C[C@@H](C)C(=O)N5CCCC5)c(=O)c4c3)cnc2C)s1. The van der Waals surface area contributed by atoms with Gasteiger partial charge in [0.2, 0.25) is 5.91 Å². The molecule has 37 heavy (non-hydrogen) atoms. The van der Waals surface area contributed by atoms with Crippen molar-refractivity contribution in [2.45, 2.75) is 53.6 Å². The van der Waals surface area contributed by atoms with Crippen molar-refractivity contribution in [3.8, 4) is 11.1 Å².